The Hall–Kier alpha value is -4.21. The summed E-state index contributed by atoms with van der Waals surface area (Å²) in [5.74, 6) is -1.79. The molecule has 1 aliphatic rings. The van der Waals surface area contributed by atoms with Gasteiger partial charge in [-0.3, -0.25) is 24.1 Å². The lowest BCUT2D eigenvalue weighted by molar-refractivity contribution is -0.121. The molecule has 190 valence electrons. The Balaban J connectivity index is 1.49. The predicted octanol–water partition coefficient (Wildman–Crippen LogP) is 2.84. The zero-order valence-electron chi connectivity index (χ0n) is 20.7. The SMILES string of the molecule is CC(C(=O)Nc1cccc(CNC(=O)CCNC(=O)OC(C)(C)C)c1)N1C(=O)c2ccccc2C1=O. The van der Waals surface area contributed by atoms with Gasteiger partial charge < -0.3 is 20.7 Å². The third kappa shape index (κ3) is 6.68. The molecule has 10 nitrogen and oxygen atoms in total. The van der Waals surface area contributed by atoms with Gasteiger partial charge in [0.2, 0.25) is 11.8 Å². The molecule has 5 amide bonds. The maximum Gasteiger partial charge on any atom is 0.407 e. The van der Waals surface area contributed by atoms with Crippen molar-refractivity contribution in [3.05, 3.63) is 65.2 Å². The van der Waals surface area contributed by atoms with E-state index in [-0.39, 0.29) is 36.5 Å². The number of amides is 5. The van der Waals surface area contributed by atoms with Gasteiger partial charge in [-0.25, -0.2) is 4.79 Å². The highest BCUT2D eigenvalue weighted by Crippen LogP contribution is 2.25. The lowest BCUT2D eigenvalue weighted by Gasteiger charge is -2.21. The summed E-state index contributed by atoms with van der Waals surface area (Å²) in [6.45, 7) is 7.09. The monoisotopic (exact) mass is 494 g/mol. The smallest absolute Gasteiger partial charge is 0.407 e. The first kappa shape index (κ1) is 26.4. The number of alkyl carbamates (subject to hydrolysis) is 1. The number of imide groups is 1. The number of ether oxygens (including phenoxy) is 1. The molecule has 1 aliphatic heterocycles. The summed E-state index contributed by atoms with van der Waals surface area (Å²) < 4.78 is 5.11. The van der Waals surface area contributed by atoms with Gasteiger partial charge in [-0.15, -0.1) is 0 Å². The molecule has 1 unspecified atom stereocenters. The van der Waals surface area contributed by atoms with Crippen molar-refractivity contribution in [2.75, 3.05) is 11.9 Å². The molecule has 0 saturated heterocycles. The minimum atomic E-state index is -1.02. The molecule has 1 atom stereocenters. The minimum absolute atomic E-state index is 0.0769. The lowest BCUT2D eigenvalue weighted by Crippen LogP contribution is -2.45. The van der Waals surface area contributed by atoms with Gasteiger partial charge in [-0.1, -0.05) is 24.3 Å². The Kier molecular flexibility index (Phi) is 8.08. The highest BCUT2D eigenvalue weighted by atomic mass is 16.6. The molecule has 3 N–H and O–H groups in total. The van der Waals surface area contributed by atoms with Crippen LogP contribution in [0.2, 0.25) is 0 Å². The molecule has 0 bridgehead atoms. The van der Waals surface area contributed by atoms with Gasteiger partial charge in [0.25, 0.3) is 11.8 Å². The maximum absolute atomic E-state index is 12.8. The molecule has 2 aromatic rings. The number of fused-ring (bicyclic) bond motifs is 1. The fourth-order valence-corrected chi connectivity index (χ4v) is 3.56. The van der Waals surface area contributed by atoms with Crippen LogP contribution in [-0.4, -0.2) is 52.8 Å². The highest BCUT2D eigenvalue weighted by molar-refractivity contribution is 6.23. The van der Waals surface area contributed by atoms with Gasteiger partial charge in [-0.05, 0) is 57.5 Å². The molecular formula is C26H30N4O6. The Morgan fingerprint density at radius 2 is 1.58 bits per heavy atom. The first-order chi connectivity index (χ1) is 17.0. The fraction of sp³-hybridized carbons (Fsp3) is 0.346. The number of anilines is 1. The maximum atomic E-state index is 12.8. The van der Waals surface area contributed by atoms with Crippen LogP contribution < -0.4 is 16.0 Å². The molecule has 0 aromatic heterocycles. The molecular weight excluding hydrogens is 464 g/mol. The van der Waals surface area contributed by atoms with Crippen LogP contribution in [0.3, 0.4) is 0 Å². The number of benzene rings is 2. The Labute approximate surface area is 209 Å². The van der Waals surface area contributed by atoms with E-state index in [1.165, 1.54) is 6.92 Å². The number of hydrogen-bond donors (Lipinski definition) is 3. The zero-order chi connectivity index (χ0) is 26.5. The van der Waals surface area contributed by atoms with E-state index in [0.717, 1.165) is 10.5 Å². The summed E-state index contributed by atoms with van der Waals surface area (Å²) in [6, 6.07) is 12.3. The Bertz CT molecular complexity index is 1150. The number of nitrogens with one attached hydrogen (secondary N) is 3. The van der Waals surface area contributed by atoms with E-state index in [1.807, 2.05) is 0 Å². The van der Waals surface area contributed by atoms with Crippen molar-refractivity contribution in [1.29, 1.82) is 0 Å². The van der Waals surface area contributed by atoms with E-state index >= 15 is 0 Å². The lowest BCUT2D eigenvalue weighted by atomic mass is 10.1. The predicted molar refractivity (Wildman–Crippen MR) is 132 cm³/mol. The third-order valence-corrected chi connectivity index (χ3v) is 5.30. The van der Waals surface area contributed by atoms with E-state index in [2.05, 4.69) is 16.0 Å². The Morgan fingerprint density at radius 1 is 0.944 bits per heavy atom. The van der Waals surface area contributed by atoms with Crippen molar-refractivity contribution < 1.29 is 28.7 Å². The van der Waals surface area contributed by atoms with Crippen molar-refractivity contribution in [2.45, 2.75) is 52.3 Å². The number of carbonyl (C=O) groups is 5. The summed E-state index contributed by atoms with van der Waals surface area (Å²) in [7, 11) is 0. The fourth-order valence-electron chi connectivity index (χ4n) is 3.56. The number of hydrogen-bond acceptors (Lipinski definition) is 6. The quantitative estimate of drug-likeness (QED) is 0.483. The van der Waals surface area contributed by atoms with E-state index in [1.54, 1.807) is 69.3 Å². The van der Waals surface area contributed by atoms with Crippen LogP contribution in [0, 0.1) is 0 Å². The van der Waals surface area contributed by atoms with Crippen LogP contribution in [-0.2, 0) is 20.9 Å². The number of nitrogens with zero attached hydrogens (tertiary/aromatic N) is 1. The summed E-state index contributed by atoms with van der Waals surface area (Å²) >= 11 is 0. The largest absolute Gasteiger partial charge is 0.444 e. The van der Waals surface area contributed by atoms with Gasteiger partial charge in [0.05, 0.1) is 11.1 Å². The number of carbonyl (C=O) groups excluding carboxylic acids is 5. The average Bonchev–Trinajstić information content (AvgIpc) is 3.06. The molecule has 36 heavy (non-hydrogen) atoms. The van der Waals surface area contributed by atoms with E-state index in [0.29, 0.717) is 5.69 Å². The van der Waals surface area contributed by atoms with Crippen molar-refractivity contribution in [3.63, 3.8) is 0 Å². The van der Waals surface area contributed by atoms with Crippen LogP contribution in [0.15, 0.2) is 48.5 Å². The molecule has 1 heterocycles. The molecule has 2 aromatic carbocycles. The summed E-state index contributed by atoms with van der Waals surface area (Å²) in [4.78, 5) is 62.8. The summed E-state index contributed by atoms with van der Waals surface area (Å²) in [5.41, 5.74) is 1.13. The van der Waals surface area contributed by atoms with Gasteiger partial charge in [0.15, 0.2) is 0 Å². The second-order valence-corrected chi connectivity index (χ2v) is 9.35. The number of rotatable bonds is 8. The molecule has 10 heteroatoms. The van der Waals surface area contributed by atoms with Gasteiger partial charge in [0, 0.05) is 25.2 Å². The van der Waals surface area contributed by atoms with Crippen molar-refractivity contribution >= 4 is 35.4 Å². The van der Waals surface area contributed by atoms with E-state index < -0.39 is 35.5 Å². The molecule has 0 fully saturated rings. The van der Waals surface area contributed by atoms with E-state index in [9.17, 15) is 24.0 Å². The van der Waals surface area contributed by atoms with Crippen molar-refractivity contribution in [2.24, 2.45) is 0 Å². The molecule has 3 rings (SSSR count). The molecule has 0 radical (unpaired) electrons. The second-order valence-electron chi connectivity index (χ2n) is 9.35. The first-order valence-electron chi connectivity index (χ1n) is 11.6. The topological polar surface area (TPSA) is 134 Å². The standard InChI is InChI=1S/C26H30N4O6/c1-16(30-23(33)19-10-5-6-11-20(19)24(30)34)22(32)29-18-9-7-8-17(14-18)15-28-21(31)12-13-27-25(35)36-26(2,3)4/h5-11,14,16H,12-13,15H2,1-4H3,(H,27,35)(H,28,31)(H,29,32). The van der Waals surface area contributed by atoms with Crippen LogP contribution in [0.4, 0.5) is 10.5 Å². The summed E-state index contributed by atoms with van der Waals surface area (Å²) in [6.07, 6.45) is -0.512. The van der Waals surface area contributed by atoms with Gasteiger partial charge in [0.1, 0.15) is 11.6 Å². The molecule has 0 aliphatic carbocycles. The van der Waals surface area contributed by atoms with Crippen molar-refractivity contribution in [3.8, 4) is 0 Å². The third-order valence-electron chi connectivity index (χ3n) is 5.30. The van der Waals surface area contributed by atoms with Crippen molar-refractivity contribution in [1.82, 2.24) is 15.5 Å². The zero-order valence-corrected chi connectivity index (χ0v) is 20.7. The normalized spacial score (nSPS) is 13.6. The first-order valence-corrected chi connectivity index (χ1v) is 11.6. The van der Waals surface area contributed by atoms with Gasteiger partial charge >= 0.3 is 6.09 Å². The second kappa shape index (κ2) is 11.0. The Morgan fingerprint density at radius 3 is 2.19 bits per heavy atom. The molecule has 0 spiro atoms. The highest BCUT2D eigenvalue weighted by Gasteiger charge is 2.40. The summed E-state index contributed by atoms with van der Waals surface area (Å²) in [5, 5.41) is 7.99. The van der Waals surface area contributed by atoms with E-state index in [4.69, 9.17) is 4.74 Å². The van der Waals surface area contributed by atoms with Crippen LogP contribution in [0.25, 0.3) is 0 Å². The average molecular weight is 495 g/mol. The molecule has 0 saturated carbocycles. The van der Waals surface area contributed by atoms with Crippen LogP contribution >= 0.6 is 0 Å². The van der Waals surface area contributed by atoms with Crippen LogP contribution in [0.5, 0.6) is 0 Å². The minimum Gasteiger partial charge on any atom is -0.444 e. The van der Waals surface area contributed by atoms with Gasteiger partial charge in [-0.2, -0.15) is 0 Å². The van der Waals surface area contributed by atoms with Crippen LogP contribution in [0.1, 0.15) is 60.4 Å².